The van der Waals surface area contributed by atoms with Crippen LogP contribution in [0.25, 0.3) is 0 Å². The fourth-order valence-electron chi connectivity index (χ4n) is 1.17. The van der Waals surface area contributed by atoms with Crippen LogP contribution in [0.5, 0.6) is 11.5 Å². The molecule has 0 unspecified atom stereocenters. The highest BCUT2D eigenvalue weighted by Crippen LogP contribution is 2.32. The van der Waals surface area contributed by atoms with E-state index < -0.39 is 0 Å². The summed E-state index contributed by atoms with van der Waals surface area (Å²) in [4.78, 5) is 10.9. The van der Waals surface area contributed by atoms with Gasteiger partial charge in [0.25, 0.3) is 5.91 Å². The number of benzene rings is 1. The number of carbonyl (C=O) groups excluding carboxylic acids is 1. The first-order chi connectivity index (χ1) is 7.29. The van der Waals surface area contributed by atoms with Crippen molar-refractivity contribution in [3.63, 3.8) is 0 Å². The lowest BCUT2D eigenvalue weighted by atomic mass is 10.2. The minimum absolute atomic E-state index is 0.238. The van der Waals surface area contributed by atoms with Gasteiger partial charge in [0.1, 0.15) is 0 Å². The number of fused-ring (bicyclic) bond motifs is 1. The molecule has 0 aliphatic carbocycles. The summed E-state index contributed by atoms with van der Waals surface area (Å²) in [6.07, 6.45) is 0. The first kappa shape index (κ1) is 9.41. The summed E-state index contributed by atoms with van der Waals surface area (Å²) in [5, 5.41) is 2.42. The Morgan fingerprint density at radius 3 is 3.00 bits per heavy atom. The van der Waals surface area contributed by atoms with Gasteiger partial charge in [-0.15, -0.1) is 0 Å². The molecule has 0 fully saturated rings. The van der Waals surface area contributed by atoms with E-state index in [-0.39, 0.29) is 12.7 Å². The summed E-state index contributed by atoms with van der Waals surface area (Å²) >= 11 is 0. The Balaban J connectivity index is 2.22. The van der Waals surface area contributed by atoms with Crippen LogP contribution in [0.2, 0.25) is 0 Å². The van der Waals surface area contributed by atoms with Crippen molar-refractivity contribution in [3.8, 4) is 23.3 Å². The van der Waals surface area contributed by atoms with Gasteiger partial charge in [-0.25, -0.2) is 0 Å². The van der Waals surface area contributed by atoms with Gasteiger partial charge in [-0.3, -0.25) is 4.79 Å². The molecule has 1 aromatic rings. The zero-order valence-corrected chi connectivity index (χ0v) is 8.16. The Morgan fingerprint density at radius 1 is 1.40 bits per heavy atom. The van der Waals surface area contributed by atoms with Crippen LogP contribution in [0, 0.1) is 11.8 Å². The predicted molar refractivity (Wildman–Crippen MR) is 53.5 cm³/mol. The number of hydrogen-bond acceptors (Lipinski definition) is 3. The third kappa shape index (κ3) is 2.02. The zero-order chi connectivity index (χ0) is 10.7. The molecule has 0 aromatic heterocycles. The van der Waals surface area contributed by atoms with Crippen molar-refractivity contribution in [1.29, 1.82) is 0 Å². The van der Waals surface area contributed by atoms with Gasteiger partial charge in [0.15, 0.2) is 11.5 Å². The molecule has 15 heavy (non-hydrogen) atoms. The Bertz CT molecular complexity index is 457. The van der Waals surface area contributed by atoms with Gasteiger partial charge < -0.3 is 14.8 Å². The topological polar surface area (TPSA) is 47.6 Å². The summed E-state index contributed by atoms with van der Waals surface area (Å²) in [6.45, 7) is 0.238. The van der Waals surface area contributed by atoms with Crippen molar-refractivity contribution in [2.24, 2.45) is 0 Å². The highest BCUT2D eigenvalue weighted by atomic mass is 16.7. The zero-order valence-electron chi connectivity index (χ0n) is 8.16. The molecule has 0 bridgehead atoms. The van der Waals surface area contributed by atoms with Crippen LogP contribution in [-0.2, 0) is 4.79 Å². The largest absolute Gasteiger partial charge is 0.454 e. The number of nitrogens with one attached hydrogen (secondary N) is 1. The molecule has 1 heterocycles. The van der Waals surface area contributed by atoms with Crippen molar-refractivity contribution in [3.05, 3.63) is 23.8 Å². The van der Waals surface area contributed by atoms with E-state index in [2.05, 4.69) is 17.2 Å². The lowest BCUT2D eigenvalue weighted by Gasteiger charge is -1.95. The van der Waals surface area contributed by atoms with Crippen LogP contribution < -0.4 is 14.8 Å². The highest BCUT2D eigenvalue weighted by molar-refractivity contribution is 5.93. The molecule has 1 N–H and O–H groups in total. The SMILES string of the molecule is CNC(=O)C#Cc1ccc2c(c1)OCO2. The quantitative estimate of drug-likeness (QED) is 0.625. The number of hydrogen-bond donors (Lipinski definition) is 1. The average Bonchev–Trinajstić information content (AvgIpc) is 2.72. The van der Waals surface area contributed by atoms with Gasteiger partial charge >= 0.3 is 0 Å². The van der Waals surface area contributed by atoms with E-state index in [1.807, 2.05) is 0 Å². The van der Waals surface area contributed by atoms with Gasteiger partial charge in [-0.2, -0.15) is 0 Å². The number of carbonyl (C=O) groups is 1. The van der Waals surface area contributed by atoms with Crippen LogP contribution >= 0.6 is 0 Å². The molecule has 0 spiro atoms. The third-order valence-corrected chi connectivity index (χ3v) is 1.92. The molecule has 0 saturated carbocycles. The first-order valence-electron chi connectivity index (χ1n) is 4.43. The Morgan fingerprint density at radius 2 is 2.20 bits per heavy atom. The van der Waals surface area contributed by atoms with Crippen molar-refractivity contribution < 1.29 is 14.3 Å². The third-order valence-electron chi connectivity index (χ3n) is 1.92. The molecular formula is C11H9NO3. The Labute approximate surface area is 87.2 Å². The summed E-state index contributed by atoms with van der Waals surface area (Å²) in [6, 6.07) is 5.30. The van der Waals surface area contributed by atoms with Crippen molar-refractivity contribution >= 4 is 5.91 Å². The lowest BCUT2D eigenvalue weighted by molar-refractivity contribution is -0.115. The smallest absolute Gasteiger partial charge is 0.295 e. The monoisotopic (exact) mass is 203 g/mol. The van der Waals surface area contributed by atoms with E-state index in [0.717, 1.165) is 5.56 Å². The molecule has 76 valence electrons. The maximum Gasteiger partial charge on any atom is 0.295 e. The van der Waals surface area contributed by atoms with Crippen molar-refractivity contribution in [2.45, 2.75) is 0 Å². The molecule has 1 aliphatic rings. The molecule has 2 rings (SSSR count). The van der Waals surface area contributed by atoms with Crippen LogP contribution in [0.3, 0.4) is 0 Å². The molecule has 1 aliphatic heterocycles. The molecular weight excluding hydrogens is 194 g/mol. The summed E-state index contributed by atoms with van der Waals surface area (Å²) in [5.41, 5.74) is 0.725. The molecule has 0 radical (unpaired) electrons. The fraction of sp³-hybridized carbons (Fsp3) is 0.182. The van der Waals surface area contributed by atoms with E-state index in [1.165, 1.54) is 7.05 Å². The van der Waals surface area contributed by atoms with Gasteiger partial charge in [0.05, 0.1) is 0 Å². The molecule has 0 atom stereocenters. The van der Waals surface area contributed by atoms with Gasteiger partial charge in [-0.1, -0.05) is 5.92 Å². The second-order valence-corrected chi connectivity index (χ2v) is 2.90. The molecule has 1 amide bonds. The van der Waals surface area contributed by atoms with Gasteiger partial charge in [0, 0.05) is 18.5 Å². The van der Waals surface area contributed by atoms with Crippen LogP contribution in [0.1, 0.15) is 5.56 Å². The molecule has 4 nitrogen and oxygen atoms in total. The Kier molecular flexibility index (Phi) is 2.46. The van der Waals surface area contributed by atoms with Gasteiger partial charge in [-0.05, 0) is 18.2 Å². The Hall–Kier alpha value is -2.15. The van der Waals surface area contributed by atoms with Crippen LogP contribution in [-0.4, -0.2) is 19.7 Å². The minimum Gasteiger partial charge on any atom is -0.454 e. The summed E-state index contributed by atoms with van der Waals surface area (Å²) < 4.78 is 10.3. The summed E-state index contributed by atoms with van der Waals surface area (Å²) in [7, 11) is 1.54. The fourth-order valence-corrected chi connectivity index (χ4v) is 1.17. The van der Waals surface area contributed by atoms with E-state index in [1.54, 1.807) is 18.2 Å². The van der Waals surface area contributed by atoms with Crippen molar-refractivity contribution in [2.75, 3.05) is 13.8 Å². The number of amides is 1. The normalized spacial score (nSPS) is 11.5. The van der Waals surface area contributed by atoms with E-state index in [0.29, 0.717) is 11.5 Å². The molecule has 4 heteroatoms. The maximum absolute atomic E-state index is 10.9. The average molecular weight is 203 g/mol. The molecule has 1 aromatic carbocycles. The van der Waals surface area contributed by atoms with Crippen LogP contribution in [0.15, 0.2) is 18.2 Å². The number of rotatable bonds is 0. The van der Waals surface area contributed by atoms with Crippen molar-refractivity contribution in [1.82, 2.24) is 5.32 Å². The predicted octanol–water partition coefficient (Wildman–Crippen LogP) is 0.513. The number of ether oxygens (including phenoxy) is 2. The van der Waals surface area contributed by atoms with Crippen LogP contribution in [0.4, 0.5) is 0 Å². The summed E-state index contributed by atoms with van der Waals surface area (Å²) in [5.74, 6) is 6.23. The van der Waals surface area contributed by atoms with E-state index in [4.69, 9.17) is 9.47 Å². The minimum atomic E-state index is -0.312. The lowest BCUT2D eigenvalue weighted by Crippen LogP contribution is -2.14. The molecule has 0 saturated heterocycles. The maximum atomic E-state index is 10.9. The highest BCUT2D eigenvalue weighted by Gasteiger charge is 2.12. The second kappa shape index (κ2) is 3.93. The van der Waals surface area contributed by atoms with E-state index >= 15 is 0 Å². The standard InChI is InChI=1S/C11H9NO3/c1-12-11(13)5-3-8-2-4-9-10(6-8)15-7-14-9/h2,4,6H,7H2,1H3,(H,12,13). The second-order valence-electron chi connectivity index (χ2n) is 2.90. The van der Waals surface area contributed by atoms with Gasteiger partial charge in [0.2, 0.25) is 6.79 Å². The first-order valence-corrected chi connectivity index (χ1v) is 4.43. The van der Waals surface area contributed by atoms with E-state index in [9.17, 15) is 4.79 Å².